The van der Waals surface area contributed by atoms with Gasteiger partial charge in [-0.2, -0.15) is 0 Å². The molecule has 0 radical (unpaired) electrons. The molecule has 2 rings (SSSR count). The fraction of sp³-hybridized carbons (Fsp3) is 0. The second-order valence-electron chi connectivity index (χ2n) is 3.86. The zero-order chi connectivity index (χ0) is 14.0. The van der Waals surface area contributed by atoms with Crippen molar-refractivity contribution < 1.29 is 18.0 Å². The zero-order valence-corrected chi connectivity index (χ0v) is 9.58. The summed E-state index contributed by atoms with van der Waals surface area (Å²) in [6, 6.07) is 6.22. The Balaban J connectivity index is 2.22. The summed E-state index contributed by atoms with van der Waals surface area (Å²) in [5.41, 5.74) is 5.61. The molecule has 0 spiro atoms. The molecule has 0 saturated heterocycles. The lowest BCUT2D eigenvalue weighted by molar-refractivity contribution is 0.102. The van der Waals surface area contributed by atoms with Crippen molar-refractivity contribution in [3.8, 4) is 0 Å². The maximum atomic E-state index is 13.1. The number of hydrogen-bond acceptors (Lipinski definition) is 2. The van der Waals surface area contributed by atoms with Crippen molar-refractivity contribution in [1.82, 2.24) is 0 Å². The van der Waals surface area contributed by atoms with E-state index in [1.54, 1.807) is 0 Å². The van der Waals surface area contributed by atoms with Gasteiger partial charge in [-0.05, 0) is 36.4 Å². The van der Waals surface area contributed by atoms with Crippen LogP contribution in [0.5, 0.6) is 0 Å². The predicted molar refractivity (Wildman–Crippen MR) is 65.1 cm³/mol. The van der Waals surface area contributed by atoms with Crippen LogP contribution in [0.25, 0.3) is 0 Å². The quantitative estimate of drug-likeness (QED) is 0.821. The van der Waals surface area contributed by atoms with E-state index in [0.717, 1.165) is 30.3 Å². The summed E-state index contributed by atoms with van der Waals surface area (Å²) >= 11 is 0. The van der Waals surface area contributed by atoms with Gasteiger partial charge < -0.3 is 11.1 Å². The first kappa shape index (κ1) is 12.9. The number of anilines is 2. The van der Waals surface area contributed by atoms with Gasteiger partial charge in [-0.15, -0.1) is 0 Å². The zero-order valence-electron chi connectivity index (χ0n) is 9.58. The molecule has 6 heteroatoms. The Hall–Kier alpha value is -2.50. The van der Waals surface area contributed by atoms with Crippen LogP contribution in [0, 0.1) is 17.5 Å². The number of rotatable bonds is 2. The summed E-state index contributed by atoms with van der Waals surface area (Å²) in [5.74, 6) is -3.48. The lowest BCUT2D eigenvalue weighted by Crippen LogP contribution is -2.12. The lowest BCUT2D eigenvalue weighted by atomic mass is 10.2. The largest absolute Gasteiger partial charge is 0.399 e. The predicted octanol–water partition coefficient (Wildman–Crippen LogP) is 2.94. The Kier molecular flexibility index (Phi) is 3.41. The van der Waals surface area contributed by atoms with Crippen LogP contribution in [0.15, 0.2) is 36.4 Å². The molecule has 0 atom stereocenters. The van der Waals surface area contributed by atoms with Gasteiger partial charge in [-0.25, -0.2) is 13.2 Å². The van der Waals surface area contributed by atoms with Gasteiger partial charge in [0, 0.05) is 16.9 Å². The number of carbonyl (C=O) groups excluding carboxylic acids is 1. The maximum absolute atomic E-state index is 13.1. The van der Waals surface area contributed by atoms with E-state index >= 15 is 0 Å². The van der Waals surface area contributed by atoms with E-state index in [-0.39, 0.29) is 16.9 Å². The van der Waals surface area contributed by atoms with Gasteiger partial charge in [0.15, 0.2) is 11.6 Å². The summed E-state index contributed by atoms with van der Waals surface area (Å²) in [4.78, 5) is 11.7. The van der Waals surface area contributed by atoms with Gasteiger partial charge >= 0.3 is 0 Å². The Morgan fingerprint density at radius 1 is 1.00 bits per heavy atom. The van der Waals surface area contributed by atoms with E-state index in [1.807, 2.05) is 0 Å². The smallest absolute Gasteiger partial charge is 0.255 e. The third kappa shape index (κ3) is 3.04. The van der Waals surface area contributed by atoms with Crippen molar-refractivity contribution in [1.29, 1.82) is 0 Å². The summed E-state index contributed by atoms with van der Waals surface area (Å²) in [6.45, 7) is 0. The minimum atomic E-state index is -1.13. The van der Waals surface area contributed by atoms with Crippen LogP contribution in [0.3, 0.4) is 0 Å². The van der Waals surface area contributed by atoms with Crippen LogP contribution < -0.4 is 11.1 Å². The SMILES string of the molecule is Nc1cc(F)cc(NC(=O)c2ccc(F)c(F)c2)c1. The van der Waals surface area contributed by atoms with Crippen LogP contribution in [-0.4, -0.2) is 5.91 Å². The standard InChI is InChI=1S/C13H9F3N2O/c14-8-4-9(17)6-10(5-8)18-13(19)7-1-2-11(15)12(16)3-7/h1-6H,17H2,(H,18,19). The fourth-order valence-electron chi connectivity index (χ4n) is 1.53. The molecule has 0 aliphatic carbocycles. The molecule has 0 bridgehead atoms. The van der Waals surface area contributed by atoms with Gasteiger partial charge in [-0.3, -0.25) is 4.79 Å². The highest BCUT2D eigenvalue weighted by Gasteiger charge is 2.10. The molecule has 0 heterocycles. The van der Waals surface area contributed by atoms with Crippen molar-refractivity contribution in [2.75, 3.05) is 11.1 Å². The number of benzene rings is 2. The van der Waals surface area contributed by atoms with Crippen LogP contribution in [-0.2, 0) is 0 Å². The molecule has 2 aromatic carbocycles. The van der Waals surface area contributed by atoms with Crippen molar-refractivity contribution in [2.24, 2.45) is 0 Å². The van der Waals surface area contributed by atoms with E-state index in [9.17, 15) is 18.0 Å². The minimum absolute atomic E-state index is 0.0817. The molecule has 0 saturated carbocycles. The van der Waals surface area contributed by atoms with Crippen molar-refractivity contribution in [3.63, 3.8) is 0 Å². The Bertz CT molecular complexity index is 624. The third-order valence-electron chi connectivity index (χ3n) is 2.36. The highest BCUT2D eigenvalue weighted by Crippen LogP contribution is 2.17. The number of amides is 1. The Morgan fingerprint density at radius 3 is 2.37 bits per heavy atom. The fourth-order valence-corrected chi connectivity index (χ4v) is 1.53. The molecular weight excluding hydrogens is 257 g/mol. The van der Waals surface area contributed by atoms with Gasteiger partial charge in [-0.1, -0.05) is 0 Å². The maximum Gasteiger partial charge on any atom is 0.255 e. The molecule has 0 unspecified atom stereocenters. The molecule has 1 amide bonds. The van der Waals surface area contributed by atoms with Crippen LogP contribution >= 0.6 is 0 Å². The third-order valence-corrected chi connectivity index (χ3v) is 2.36. The second kappa shape index (κ2) is 5.01. The summed E-state index contributed by atoms with van der Waals surface area (Å²) in [5, 5.41) is 2.34. The number of halogens is 3. The summed E-state index contributed by atoms with van der Waals surface area (Å²) < 4.78 is 38.8. The Morgan fingerprint density at radius 2 is 1.74 bits per heavy atom. The topological polar surface area (TPSA) is 55.1 Å². The van der Waals surface area contributed by atoms with Crippen molar-refractivity contribution >= 4 is 17.3 Å². The highest BCUT2D eigenvalue weighted by molar-refractivity contribution is 6.04. The normalized spacial score (nSPS) is 10.3. The van der Waals surface area contributed by atoms with Crippen molar-refractivity contribution in [3.05, 3.63) is 59.4 Å². The molecule has 3 nitrogen and oxygen atoms in total. The molecule has 19 heavy (non-hydrogen) atoms. The minimum Gasteiger partial charge on any atom is -0.399 e. The first-order valence-electron chi connectivity index (χ1n) is 5.28. The molecule has 98 valence electrons. The molecule has 3 N–H and O–H groups in total. The van der Waals surface area contributed by atoms with Gasteiger partial charge in [0.05, 0.1) is 0 Å². The number of nitrogen functional groups attached to an aromatic ring is 1. The van der Waals surface area contributed by atoms with Gasteiger partial charge in [0.2, 0.25) is 0 Å². The van der Waals surface area contributed by atoms with E-state index in [2.05, 4.69) is 5.32 Å². The number of nitrogens with one attached hydrogen (secondary N) is 1. The average Bonchev–Trinajstić information content (AvgIpc) is 2.31. The molecule has 0 aromatic heterocycles. The molecule has 0 aliphatic rings. The molecule has 0 aliphatic heterocycles. The van der Waals surface area contributed by atoms with E-state index < -0.39 is 23.4 Å². The number of hydrogen-bond donors (Lipinski definition) is 2. The average molecular weight is 266 g/mol. The van der Waals surface area contributed by atoms with Crippen LogP contribution in [0.2, 0.25) is 0 Å². The highest BCUT2D eigenvalue weighted by atomic mass is 19.2. The molecule has 2 aromatic rings. The Labute approximate surface area is 106 Å². The van der Waals surface area contributed by atoms with Gasteiger partial charge in [0.1, 0.15) is 5.82 Å². The summed E-state index contributed by atoms with van der Waals surface area (Å²) in [6.07, 6.45) is 0. The molecule has 0 fully saturated rings. The van der Waals surface area contributed by atoms with Crippen LogP contribution in [0.4, 0.5) is 24.5 Å². The van der Waals surface area contributed by atoms with Crippen molar-refractivity contribution in [2.45, 2.75) is 0 Å². The molecular formula is C13H9F3N2O. The second-order valence-corrected chi connectivity index (χ2v) is 3.86. The number of carbonyl (C=O) groups is 1. The first-order valence-corrected chi connectivity index (χ1v) is 5.28. The monoisotopic (exact) mass is 266 g/mol. The lowest BCUT2D eigenvalue weighted by Gasteiger charge is -2.06. The van der Waals surface area contributed by atoms with E-state index in [0.29, 0.717) is 0 Å². The van der Waals surface area contributed by atoms with Crippen LogP contribution in [0.1, 0.15) is 10.4 Å². The van der Waals surface area contributed by atoms with Gasteiger partial charge in [0.25, 0.3) is 5.91 Å². The number of nitrogens with two attached hydrogens (primary N) is 1. The first-order chi connectivity index (χ1) is 8.95. The summed E-state index contributed by atoms with van der Waals surface area (Å²) in [7, 11) is 0. The van der Waals surface area contributed by atoms with E-state index in [4.69, 9.17) is 5.73 Å². The van der Waals surface area contributed by atoms with E-state index in [1.165, 1.54) is 6.07 Å².